The highest BCUT2D eigenvalue weighted by molar-refractivity contribution is 7.37. The molecule has 0 radical (unpaired) electrons. The van der Waals surface area contributed by atoms with E-state index in [2.05, 4.69) is 44.8 Å². The van der Waals surface area contributed by atoms with Crippen LogP contribution < -0.4 is 4.74 Å². The Morgan fingerprint density at radius 3 is 1.66 bits per heavy atom. The molecule has 0 aliphatic heterocycles. The minimum atomic E-state index is -0.193. The average molecular weight is 429 g/mol. The molecule has 1 aromatic rings. The van der Waals surface area contributed by atoms with Crippen LogP contribution in [0, 0.1) is 5.92 Å². The molecule has 29 heavy (non-hydrogen) atoms. The molecule has 2 unspecified atom stereocenters. The summed E-state index contributed by atoms with van der Waals surface area (Å²) in [4.78, 5) is 10.1. The molecule has 0 saturated heterocycles. The summed E-state index contributed by atoms with van der Waals surface area (Å²) in [5.74, 6) is 1.71. The fourth-order valence-corrected chi connectivity index (χ4v) is 4.06. The summed E-state index contributed by atoms with van der Waals surface area (Å²) < 4.78 is 10.2. The van der Waals surface area contributed by atoms with Crippen LogP contribution in [0.3, 0.4) is 0 Å². The lowest BCUT2D eigenvalue weighted by molar-refractivity contribution is -0.144. The third kappa shape index (κ3) is 14.5. The standard InChI is InChI=1S/C13H21OP.C8H16O2.2C2H6/c1-10(2)9-13(15-4)11-5-7-12(14-3)8-6-11;1-4-8(5-2,6-3)10-7-9;2*1-2/h5-8,10,13,15H,9H2,1-4H3;7H,4-6H2,1-3H3;2*1-2H3. The van der Waals surface area contributed by atoms with Crippen LogP contribution in [-0.4, -0.2) is 25.8 Å². The summed E-state index contributed by atoms with van der Waals surface area (Å²) >= 11 is 0. The molecular weight excluding hydrogens is 379 g/mol. The highest BCUT2D eigenvalue weighted by Crippen LogP contribution is 2.37. The first kappa shape index (κ1) is 32.6. The fourth-order valence-electron chi connectivity index (χ4n) is 2.83. The summed E-state index contributed by atoms with van der Waals surface area (Å²) in [6.07, 6.45) is 3.98. The van der Waals surface area contributed by atoms with Crippen LogP contribution in [0.2, 0.25) is 0 Å². The molecule has 0 aromatic heterocycles. The van der Waals surface area contributed by atoms with Crippen molar-refractivity contribution in [1.29, 1.82) is 0 Å². The van der Waals surface area contributed by atoms with E-state index in [0.717, 1.165) is 45.2 Å². The van der Waals surface area contributed by atoms with Gasteiger partial charge in [0.15, 0.2) is 0 Å². The molecule has 3 nitrogen and oxygen atoms in total. The van der Waals surface area contributed by atoms with Crippen molar-refractivity contribution in [2.75, 3.05) is 13.8 Å². The van der Waals surface area contributed by atoms with Gasteiger partial charge < -0.3 is 9.47 Å². The van der Waals surface area contributed by atoms with Crippen molar-refractivity contribution in [3.8, 4) is 5.75 Å². The SMILES string of the molecule is CC.CC.CCC(CC)(CC)OC=O.COc1ccc(C(CC(C)C)PC)cc1. The van der Waals surface area contributed by atoms with E-state index in [-0.39, 0.29) is 5.60 Å². The number of hydrogen-bond acceptors (Lipinski definition) is 3. The van der Waals surface area contributed by atoms with E-state index >= 15 is 0 Å². The maximum atomic E-state index is 10.1. The summed E-state index contributed by atoms with van der Waals surface area (Å²) in [5.41, 5.74) is 1.98. The van der Waals surface area contributed by atoms with Crippen molar-refractivity contribution >= 4 is 15.1 Å². The zero-order valence-electron chi connectivity index (χ0n) is 21.1. The largest absolute Gasteiger partial charge is 0.497 e. The van der Waals surface area contributed by atoms with Crippen LogP contribution in [0.1, 0.15) is 99.2 Å². The number of methoxy groups -OCH3 is 1. The van der Waals surface area contributed by atoms with Crippen LogP contribution in [0.5, 0.6) is 5.75 Å². The molecule has 0 aliphatic rings. The van der Waals surface area contributed by atoms with Crippen molar-refractivity contribution < 1.29 is 14.3 Å². The molecule has 0 bridgehead atoms. The van der Waals surface area contributed by atoms with Crippen molar-refractivity contribution in [2.24, 2.45) is 5.92 Å². The molecule has 1 aromatic carbocycles. The zero-order valence-corrected chi connectivity index (χ0v) is 22.1. The Kier molecular flexibility index (Phi) is 24.3. The number of carbonyl (C=O) groups is 1. The lowest BCUT2D eigenvalue weighted by Crippen LogP contribution is -2.29. The van der Waals surface area contributed by atoms with Crippen molar-refractivity contribution in [2.45, 2.75) is 99.3 Å². The van der Waals surface area contributed by atoms with Crippen molar-refractivity contribution in [3.05, 3.63) is 29.8 Å². The molecule has 172 valence electrons. The third-order valence-electron chi connectivity index (χ3n) is 4.80. The lowest BCUT2D eigenvalue weighted by Gasteiger charge is -2.27. The van der Waals surface area contributed by atoms with Gasteiger partial charge in [0.2, 0.25) is 0 Å². The van der Waals surface area contributed by atoms with E-state index in [1.165, 1.54) is 12.0 Å². The molecule has 0 heterocycles. The summed E-state index contributed by atoms with van der Waals surface area (Å²) in [7, 11) is 2.69. The van der Waals surface area contributed by atoms with Gasteiger partial charge in [-0.25, -0.2) is 0 Å². The molecule has 0 aliphatic carbocycles. The third-order valence-corrected chi connectivity index (χ3v) is 6.07. The van der Waals surface area contributed by atoms with Crippen molar-refractivity contribution in [3.63, 3.8) is 0 Å². The Morgan fingerprint density at radius 2 is 1.41 bits per heavy atom. The lowest BCUT2D eigenvalue weighted by atomic mass is 9.94. The van der Waals surface area contributed by atoms with Crippen LogP contribution in [-0.2, 0) is 9.53 Å². The predicted molar refractivity (Wildman–Crippen MR) is 133 cm³/mol. The van der Waals surface area contributed by atoms with Gasteiger partial charge >= 0.3 is 0 Å². The smallest absolute Gasteiger partial charge is 0.293 e. The predicted octanol–water partition coefficient (Wildman–Crippen LogP) is 8.27. The van der Waals surface area contributed by atoms with E-state index in [9.17, 15) is 4.79 Å². The van der Waals surface area contributed by atoms with Gasteiger partial charge in [0.1, 0.15) is 11.4 Å². The second-order valence-corrected chi connectivity index (χ2v) is 7.98. The molecule has 1 rings (SSSR count). The summed E-state index contributed by atoms with van der Waals surface area (Å²) in [6, 6.07) is 8.51. The van der Waals surface area contributed by atoms with Crippen LogP contribution in [0.15, 0.2) is 24.3 Å². The monoisotopic (exact) mass is 428 g/mol. The topological polar surface area (TPSA) is 35.5 Å². The van der Waals surface area contributed by atoms with E-state index in [1.54, 1.807) is 7.11 Å². The first-order valence-corrected chi connectivity index (χ1v) is 12.9. The van der Waals surface area contributed by atoms with Crippen molar-refractivity contribution in [1.82, 2.24) is 0 Å². The Hall–Kier alpha value is -1.08. The Labute approximate surface area is 184 Å². The van der Waals surface area contributed by atoms with Gasteiger partial charge in [0.25, 0.3) is 6.47 Å². The number of carbonyl (C=O) groups excluding carboxylic acids is 1. The minimum absolute atomic E-state index is 0.193. The first-order valence-electron chi connectivity index (χ1n) is 11.3. The number of benzene rings is 1. The normalized spacial score (nSPS) is 11.3. The van der Waals surface area contributed by atoms with Crippen LogP contribution in [0.25, 0.3) is 0 Å². The highest BCUT2D eigenvalue weighted by atomic mass is 31.1. The van der Waals surface area contributed by atoms with Gasteiger partial charge in [-0.1, -0.05) is 74.4 Å². The molecule has 0 fully saturated rings. The van der Waals surface area contributed by atoms with Gasteiger partial charge in [-0.3, -0.25) is 4.79 Å². The van der Waals surface area contributed by atoms with Crippen LogP contribution >= 0.6 is 8.58 Å². The molecule has 0 saturated carbocycles. The Bertz CT molecular complexity index is 445. The zero-order chi connectivity index (χ0) is 23.3. The molecule has 0 spiro atoms. The first-order chi connectivity index (χ1) is 13.9. The molecule has 0 N–H and O–H groups in total. The second-order valence-electron chi connectivity index (χ2n) is 6.70. The molecule has 2 atom stereocenters. The Balaban J connectivity index is -0.000000421. The molecular formula is C25H49O3P. The van der Waals surface area contributed by atoms with E-state index < -0.39 is 0 Å². The van der Waals surface area contributed by atoms with Gasteiger partial charge in [-0.05, 0) is 56.0 Å². The van der Waals surface area contributed by atoms with Gasteiger partial charge in [-0.2, -0.15) is 0 Å². The van der Waals surface area contributed by atoms with E-state index in [0.29, 0.717) is 6.47 Å². The van der Waals surface area contributed by atoms with E-state index in [1.807, 2.05) is 48.5 Å². The fraction of sp³-hybridized carbons (Fsp3) is 0.720. The number of rotatable bonds is 10. The van der Waals surface area contributed by atoms with Gasteiger partial charge in [-0.15, -0.1) is 8.58 Å². The maximum absolute atomic E-state index is 10.1. The minimum Gasteiger partial charge on any atom is -0.497 e. The van der Waals surface area contributed by atoms with Crippen LogP contribution in [0.4, 0.5) is 0 Å². The number of hydrogen-bond donors (Lipinski definition) is 0. The van der Waals surface area contributed by atoms with Gasteiger partial charge in [0, 0.05) is 5.66 Å². The summed E-state index contributed by atoms with van der Waals surface area (Å²) in [5, 5.41) is 0. The highest BCUT2D eigenvalue weighted by Gasteiger charge is 2.24. The molecule has 0 amide bonds. The van der Waals surface area contributed by atoms with E-state index in [4.69, 9.17) is 9.47 Å². The second kappa shape index (κ2) is 21.6. The maximum Gasteiger partial charge on any atom is 0.293 e. The number of ether oxygens (including phenoxy) is 2. The quantitative estimate of drug-likeness (QED) is 0.278. The van der Waals surface area contributed by atoms with Gasteiger partial charge in [0.05, 0.1) is 7.11 Å². The Morgan fingerprint density at radius 1 is 0.966 bits per heavy atom. The average Bonchev–Trinajstić information content (AvgIpc) is 2.79. The molecule has 4 heteroatoms. The summed E-state index contributed by atoms with van der Waals surface area (Å²) in [6.45, 7) is 21.5.